The van der Waals surface area contributed by atoms with Crippen LogP contribution in [0.25, 0.3) is 0 Å². The molecule has 1 rings (SSSR count). The van der Waals surface area contributed by atoms with Gasteiger partial charge in [-0.15, -0.1) is 0 Å². The van der Waals surface area contributed by atoms with Crippen molar-refractivity contribution in [3.63, 3.8) is 0 Å². The summed E-state index contributed by atoms with van der Waals surface area (Å²) >= 11 is 6.07. The fraction of sp³-hybridized carbons (Fsp3) is 0.538. The van der Waals surface area contributed by atoms with Crippen molar-refractivity contribution in [2.24, 2.45) is 0 Å². The molecule has 0 amide bonds. The zero-order valence-corrected chi connectivity index (χ0v) is 10.8. The van der Waals surface area contributed by atoms with Gasteiger partial charge in [0.25, 0.3) is 0 Å². The highest BCUT2D eigenvalue weighted by Gasteiger charge is 2.12. The van der Waals surface area contributed by atoms with Gasteiger partial charge in [-0.2, -0.15) is 0 Å². The second-order valence-electron chi connectivity index (χ2n) is 3.98. The fourth-order valence-electron chi connectivity index (χ4n) is 1.72. The van der Waals surface area contributed by atoms with Crippen molar-refractivity contribution in [2.45, 2.75) is 45.6 Å². The van der Waals surface area contributed by atoms with Crippen LogP contribution < -0.4 is 10.5 Å². The van der Waals surface area contributed by atoms with Crippen molar-refractivity contribution in [1.82, 2.24) is 0 Å². The van der Waals surface area contributed by atoms with Gasteiger partial charge < -0.3 is 10.5 Å². The van der Waals surface area contributed by atoms with E-state index in [2.05, 4.69) is 13.8 Å². The van der Waals surface area contributed by atoms with Crippen LogP contribution in [0.15, 0.2) is 18.2 Å². The van der Waals surface area contributed by atoms with Crippen LogP contribution in [0.5, 0.6) is 5.75 Å². The molecular formula is C13H20ClNO. The first-order valence-corrected chi connectivity index (χ1v) is 6.27. The summed E-state index contributed by atoms with van der Waals surface area (Å²) in [6, 6.07) is 5.46. The minimum atomic E-state index is 0.220. The lowest BCUT2D eigenvalue weighted by Crippen LogP contribution is -2.16. The third-order valence-corrected chi connectivity index (χ3v) is 2.80. The lowest BCUT2D eigenvalue weighted by atomic mass is 10.1. The summed E-state index contributed by atoms with van der Waals surface area (Å²) in [7, 11) is 0. The van der Waals surface area contributed by atoms with Crippen LogP contribution in [0, 0.1) is 0 Å². The molecule has 16 heavy (non-hydrogen) atoms. The summed E-state index contributed by atoms with van der Waals surface area (Å²) in [5.41, 5.74) is 6.47. The number of hydrogen-bond acceptors (Lipinski definition) is 2. The van der Waals surface area contributed by atoms with Gasteiger partial charge in [0.2, 0.25) is 0 Å². The molecule has 1 aromatic rings. The summed E-state index contributed by atoms with van der Waals surface area (Å²) in [5.74, 6) is 0.635. The first-order chi connectivity index (χ1) is 7.69. The van der Waals surface area contributed by atoms with Crippen molar-refractivity contribution >= 4 is 17.3 Å². The number of nitrogen functional groups attached to an aromatic ring is 1. The molecule has 0 spiro atoms. The van der Waals surface area contributed by atoms with Crippen molar-refractivity contribution in [2.75, 3.05) is 5.73 Å². The van der Waals surface area contributed by atoms with Gasteiger partial charge in [-0.25, -0.2) is 0 Å². The third-order valence-electron chi connectivity index (χ3n) is 2.50. The van der Waals surface area contributed by atoms with Crippen LogP contribution >= 0.6 is 11.6 Å². The molecule has 0 heterocycles. The van der Waals surface area contributed by atoms with Crippen molar-refractivity contribution in [1.29, 1.82) is 0 Å². The largest absolute Gasteiger partial charge is 0.487 e. The lowest BCUT2D eigenvalue weighted by Gasteiger charge is -2.19. The minimum absolute atomic E-state index is 0.220. The fourth-order valence-corrected chi connectivity index (χ4v) is 1.95. The Bertz CT molecular complexity index is 301. The predicted octanol–water partition coefficient (Wildman–Crippen LogP) is 4.27. The Morgan fingerprint density at radius 1 is 1.25 bits per heavy atom. The van der Waals surface area contributed by atoms with Crippen molar-refractivity contribution < 1.29 is 4.74 Å². The Balaban J connectivity index is 2.76. The van der Waals surface area contributed by atoms with E-state index >= 15 is 0 Å². The molecule has 0 aliphatic rings. The highest BCUT2D eigenvalue weighted by molar-refractivity contribution is 6.32. The lowest BCUT2D eigenvalue weighted by molar-refractivity contribution is 0.180. The third kappa shape index (κ3) is 3.60. The molecule has 0 fully saturated rings. The van der Waals surface area contributed by atoms with Gasteiger partial charge in [0.15, 0.2) is 5.75 Å². The van der Waals surface area contributed by atoms with Gasteiger partial charge in [-0.3, -0.25) is 0 Å². The molecule has 0 bridgehead atoms. The molecule has 3 heteroatoms. The second-order valence-corrected chi connectivity index (χ2v) is 4.38. The SMILES string of the molecule is CCCC(CCC)Oc1c(N)cccc1Cl. The zero-order chi connectivity index (χ0) is 12.0. The summed E-state index contributed by atoms with van der Waals surface area (Å²) in [4.78, 5) is 0. The van der Waals surface area contributed by atoms with Gasteiger partial charge in [0.05, 0.1) is 16.8 Å². The molecule has 0 radical (unpaired) electrons. The number of nitrogens with two attached hydrogens (primary N) is 1. The number of para-hydroxylation sites is 1. The maximum absolute atomic E-state index is 6.07. The van der Waals surface area contributed by atoms with Gasteiger partial charge >= 0.3 is 0 Å². The van der Waals surface area contributed by atoms with Crippen LogP contribution in [0.2, 0.25) is 5.02 Å². The standard InChI is InChI=1S/C13H20ClNO/c1-3-6-10(7-4-2)16-13-11(14)8-5-9-12(13)15/h5,8-10H,3-4,6-7,15H2,1-2H3. The molecule has 2 N–H and O–H groups in total. The van der Waals surface area contributed by atoms with E-state index in [1.165, 1.54) is 0 Å². The van der Waals surface area contributed by atoms with Gasteiger partial charge in [-0.1, -0.05) is 44.4 Å². The van der Waals surface area contributed by atoms with Crippen LogP contribution in [-0.2, 0) is 0 Å². The van der Waals surface area contributed by atoms with Crippen LogP contribution in [0.1, 0.15) is 39.5 Å². The Morgan fingerprint density at radius 3 is 2.38 bits per heavy atom. The molecule has 0 saturated heterocycles. The highest BCUT2D eigenvalue weighted by atomic mass is 35.5. The number of ether oxygens (including phenoxy) is 1. The number of hydrogen-bond donors (Lipinski definition) is 1. The number of anilines is 1. The zero-order valence-electron chi connectivity index (χ0n) is 10.0. The Hall–Kier alpha value is -0.890. The average molecular weight is 242 g/mol. The van der Waals surface area contributed by atoms with Gasteiger partial charge in [0, 0.05) is 0 Å². The van der Waals surface area contributed by atoms with Crippen molar-refractivity contribution in [3.05, 3.63) is 23.2 Å². The number of benzene rings is 1. The molecule has 90 valence electrons. The van der Waals surface area contributed by atoms with Crippen LogP contribution in [0.4, 0.5) is 5.69 Å². The predicted molar refractivity (Wildman–Crippen MR) is 70.1 cm³/mol. The average Bonchev–Trinajstić information content (AvgIpc) is 2.24. The van der Waals surface area contributed by atoms with E-state index in [0.29, 0.717) is 16.5 Å². The molecular weight excluding hydrogens is 222 g/mol. The molecule has 2 nitrogen and oxygen atoms in total. The molecule has 0 atom stereocenters. The van der Waals surface area contributed by atoms with Gasteiger partial charge in [0.1, 0.15) is 0 Å². The highest BCUT2D eigenvalue weighted by Crippen LogP contribution is 2.32. The second kappa shape index (κ2) is 6.64. The molecule has 0 saturated carbocycles. The maximum Gasteiger partial charge on any atom is 0.161 e. The summed E-state index contributed by atoms with van der Waals surface area (Å²) in [5, 5.41) is 0.595. The Labute approximate surface area is 103 Å². The quantitative estimate of drug-likeness (QED) is 0.755. The van der Waals surface area contributed by atoms with Gasteiger partial charge in [-0.05, 0) is 25.0 Å². The first kappa shape index (κ1) is 13.2. The van der Waals surface area contributed by atoms with Crippen molar-refractivity contribution in [3.8, 4) is 5.75 Å². The number of rotatable bonds is 6. The van der Waals surface area contributed by atoms with E-state index in [1.807, 2.05) is 18.2 Å². The Kier molecular flexibility index (Phi) is 5.47. The summed E-state index contributed by atoms with van der Waals surface area (Å²) in [6.07, 6.45) is 4.51. The topological polar surface area (TPSA) is 35.2 Å². The maximum atomic E-state index is 6.07. The van der Waals surface area contributed by atoms with Crippen LogP contribution in [0.3, 0.4) is 0 Å². The normalized spacial score (nSPS) is 10.8. The summed E-state index contributed by atoms with van der Waals surface area (Å²) in [6.45, 7) is 4.31. The van der Waals surface area contributed by atoms with E-state index in [1.54, 1.807) is 0 Å². The molecule has 0 aromatic heterocycles. The van der Waals surface area contributed by atoms with E-state index in [0.717, 1.165) is 25.7 Å². The van der Waals surface area contributed by atoms with E-state index in [4.69, 9.17) is 22.1 Å². The Morgan fingerprint density at radius 2 is 1.88 bits per heavy atom. The number of halogens is 1. The molecule has 0 aliphatic carbocycles. The first-order valence-electron chi connectivity index (χ1n) is 5.89. The smallest absolute Gasteiger partial charge is 0.161 e. The molecule has 0 unspecified atom stereocenters. The monoisotopic (exact) mass is 241 g/mol. The molecule has 0 aliphatic heterocycles. The van der Waals surface area contributed by atoms with Crippen LogP contribution in [-0.4, -0.2) is 6.10 Å². The molecule has 1 aromatic carbocycles. The van der Waals surface area contributed by atoms with E-state index in [-0.39, 0.29) is 6.10 Å². The summed E-state index contributed by atoms with van der Waals surface area (Å²) < 4.78 is 5.90. The minimum Gasteiger partial charge on any atom is -0.487 e. The van der Waals surface area contributed by atoms with E-state index < -0.39 is 0 Å². The van der Waals surface area contributed by atoms with E-state index in [9.17, 15) is 0 Å².